The van der Waals surface area contributed by atoms with Crippen molar-refractivity contribution in [2.24, 2.45) is 5.92 Å². The predicted octanol–water partition coefficient (Wildman–Crippen LogP) is 2.72. The summed E-state index contributed by atoms with van der Waals surface area (Å²) in [5, 5.41) is 3.16. The van der Waals surface area contributed by atoms with Gasteiger partial charge in [-0.05, 0) is 25.7 Å². The van der Waals surface area contributed by atoms with E-state index in [0.717, 1.165) is 12.8 Å². The Morgan fingerprint density at radius 3 is 2.78 bits per heavy atom. The van der Waals surface area contributed by atoms with Crippen molar-refractivity contribution in [2.75, 3.05) is 11.2 Å². The molecule has 0 radical (unpaired) electrons. The van der Waals surface area contributed by atoms with E-state index in [-0.39, 0.29) is 11.6 Å². The molecule has 0 aliphatic carbocycles. The van der Waals surface area contributed by atoms with Crippen molar-refractivity contribution >= 4 is 17.4 Å². The predicted molar refractivity (Wildman–Crippen MR) is 76.4 cm³/mol. The molecule has 0 spiro atoms. The second-order valence-electron chi connectivity index (χ2n) is 5.00. The first-order chi connectivity index (χ1) is 8.54. The highest BCUT2D eigenvalue weighted by molar-refractivity contribution is 6.17. The monoisotopic (exact) mass is 271 g/mol. The summed E-state index contributed by atoms with van der Waals surface area (Å²) in [6, 6.07) is 0.207. The van der Waals surface area contributed by atoms with E-state index in [9.17, 15) is 4.79 Å². The zero-order chi connectivity index (χ0) is 13.5. The fourth-order valence-corrected chi connectivity index (χ4v) is 1.93. The van der Waals surface area contributed by atoms with E-state index in [1.54, 1.807) is 17.0 Å². The summed E-state index contributed by atoms with van der Waals surface area (Å²) in [5.74, 6) is 1.51. The van der Waals surface area contributed by atoms with Crippen LogP contribution in [0, 0.1) is 5.92 Å². The molecule has 0 aliphatic rings. The maximum atomic E-state index is 12.1. The van der Waals surface area contributed by atoms with Crippen LogP contribution in [0.3, 0.4) is 0 Å². The molecule has 4 nitrogen and oxygen atoms in total. The number of alkyl halides is 1. The lowest BCUT2D eigenvalue weighted by atomic mass is 10.2. The van der Waals surface area contributed by atoms with Gasteiger partial charge < -0.3 is 9.88 Å². The molecule has 0 amide bonds. The lowest BCUT2D eigenvalue weighted by Crippen LogP contribution is -2.29. The van der Waals surface area contributed by atoms with E-state index in [4.69, 9.17) is 11.6 Å². The average Bonchev–Trinajstić information content (AvgIpc) is 2.31. The topological polar surface area (TPSA) is 46.9 Å². The zero-order valence-electron chi connectivity index (χ0n) is 11.3. The third-order valence-corrected chi connectivity index (χ3v) is 2.90. The minimum absolute atomic E-state index is 0.0519. The van der Waals surface area contributed by atoms with Crippen molar-refractivity contribution in [1.82, 2.24) is 9.55 Å². The minimum Gasteiger partial charge on any atom is -0.363 e. The minimum atomic E-state index is -0.0519. The molecule has 1 atom stereocenters. The molecule has 5 heteroatoms. The summed E-state index contributed by atoms with van der Waals surface area (Å²) in [6.45, 7) is 6.92. The Morgan fingerprint density at radius 1 is 1.44 bits per heavy atom. The Morgan fingerprint density at radius 2 is 2.17 bits per heavy atom. The van der Waals surface area contributed by atoms with Gasteiger partial charge in [0.25, 0.3) is 5.56 Å². The van der Waals surface area contributed by atoms with Crippen molar-refractivity contribution in [3.05, 3.63) is 22.7 Å². The van der Waals surface area contributed by atoms with E-state index < -0.39 is 0 Å². The Hall–Kier alpha value is -1.03. The molecule has 0 saturated carbocycles. The van der Waals surface area contributed by atoms with Crippen molar-refractivity contribution in [1.29, 1.82) is 0 Å². The number of aromatic nitrogens is 2. The molecule has 1 aromatic rings. The van der Waals surface area contributed by atoms with Gasteiger partial charge >= 0.3 is 0 Å². The van der Waals surface area contributed by atoms with Crippen LogP contribution in [0.2, 0.25) is 0 Å². The lowest BCUT2D eigenvalue weighted by molar-refractivity contribution is 0.509. The van der Waals surface area contributed by atoms with Gasteiger partial charge in [0.15, 0.2) is 5.82 Å². The highest BCUT2D eigenvalue weighted by Gasteiger charge is 2.09. The molecule has 0 aliphatic heterocycles. The molecule has 0 fully saturated rings. The Bertz CT molecular complexity index is 417. The highest BCUT2D eigenvalue weighted by Crippen LogP contribution is 2.04. The summed E-state index contributed by atoms with van der Waals surface area (Å²) in [4.78, 5) is 16.2. The summed E-state index contributed by atoms with van der Waals surface area (Å²) in [5.41, 5.74) is -0.0519. The van der Waals surface area contributed by atoms with Crippen LogP contribution in [0.25, 0.3) is 0 Å². The number of nitrogens with zero attached hydrogens (tertiary/aromatic N) is 2. The first-order valence-corrected chi connectivity index (χ1v) is 6.96. The standard InChI is InChI=1S/C13H22ClN3O/c1-10(2)9-17-8-7-15-12(13(17)18)16-11(3)5-4-6-14/h7-8,10-11H,4-6,9H2,1-3H3,(H,15,16). The van der Waals surface area contributed by atoms with Gasteiger partial charge in [0, 0.05) is 30.9 Å². The van der Waals surface area contributed by atoms with Crippen molar-refractivity contribution in [3.63, 3.8) is 0 Å². The van der Waals surface area contributed by atoms with Crippen molar-refractivity contribution in [2.45, 2.75) is 46.2 Å². The van der Waals surface area contributed by atoms with Crippen LogP contribution in [0.1, 0.15) is 33.6 Å². The number of anilines is 1. The fourth-order valence-electron chi connectivity index (χ4n) is 1.77. The van der Waals surface area contributed by atoms with Gasteiger partial charge in [-0.2, -0.15) is 0 Å². The SMILES string of the molecule is CC(C)Cn1ccnc(NC(C)CCCCl)c1=O. The Balaban J connectivity index is 2.74. The largest absolute Gasteiger partial charge is 0.363 e. The molecule has 18 heavy (non-hydrogen) atoms. The summed E-state index contributed by atoms with van der Waals surface area (Å²) in [7, 11) is 0. The van der Waals surface area contributed by atoms with Crippen LogP contribution in [-0.2, 0) is 6.54 Å². The van der Waals surface area contributed by atoms with E-state index >= 15 is 0 Å². The third-order valence-electron chi connectivity index (χ3n) is 2.63. The van der Waals surface area contributed by atoms with Crippen LogP contribution in [-0.4, -0.2) is 21.5 Å². The Labute approximate surface area is 113 Å². The van der Waals surface area contributed by atoms with Gasteiger partial charge in [-0.15, -0.1) is 11.6 Å². The second-order valence-corrected chi connectivity index (χ2v) is 5.38. The van der Waals surface area contributed by atoms with Crippen molar-refractivity contribution < 1.29 is 0 Å². The highest BCUT2D eigenvalue weighted by atomic mass is 35.5. The zero-order valence-corrected chi connectivity index (χ0v) is 12.1. The van der Waals surface area contributed by atoms with Crippen LogP contribution in [0.4, 0.5) is 5.82 Å². The maximum Gasteiger partial charge on any atom is 0.293 e. The number of hydrogen-bond acceptors (Lipinski definition) is 3. The van der Waals surface area contributed by atoms with Crippen LogP contribution in [0.5, 0.6) is 0 Å². The molecule has 0 bridgehead atoms. The number of hydrogen-bond donors (Lipinski definition) is 1. The van der Waals surface area contributed by atoms with Gasteiger partial charge in [-0.25, -0.2) is 4.98 Å². The van der Waals surface area contributed by atoms with Crippen LogP contribution in [0.15, 0.2) is 17.2 Å². The van der Waals surface area contributed by atoms with E-state index in [2.05, 4.69) is 24.1 Å². The normalized spacial score (nSPS) is 12.7. The molecule has 1 unspecified atom stereocenters. The smallest absolute Gasteiger partial charge is 0.293 e. The van der Waals surface area contributed by atoms with Gasteiger partial charge in [0.1, 0.15) is 0 Å². The molecular formula is C13H22ClN3O. The second kappa shape index (κ2) is 7.41. The van der Waals surface area contributed by atoms with E-state index in [1.165, 1.54) is 0 Å². The molecular weight excluding hydrogens is 250 g/mol. The average molecular weight is 272 g/mol. The first kappa shape index (κ1) is 15.0. The molecule has 1 heterocycles. The first-order valence-electron chi connectivity index (χ1n) is 6.42. The molecule has 102 valence electrons. The summed E-state index contributed by atoms with van der Waals surface area (Å²) >= 11 is 5.65. The number of halogens is 1. The van der Waals surface area contributed by atoms with Gasteiger partial charge in [-0.1, -0.05) is 13.8 Å². The van der Waals surface area contributed by atoms with E-state index in [0.29, 0.717) is 24.2 Å². The Kier molecular flexibility index (Phi) is 6.19. The van der Waals surface area contributed by atoms with Crippen LogP contribution >= 0.6 is 11.6 Å². The van der Waals surface area contributed by atoms with Crippen LogP contribution < -0.4 is 10.9 Å². The van der Waals surface area contributed by atoms with Crippen molar-refractivity contribution in [3.8, 4) is 0 Å². The summed E-state index contributed by atoms with van der Waals surface area (Å²) < 4.78 is 1.70. The molecule has 1 aromatic heterocycles. The maximum absolute atomic E-state index is 12.1. The third kappa shape index (κ3) is 4.69. The summed E-state index contributed by atoms with van der Waals surface area (Å²) in [6.07, 6.45) is 5.27. The number of rotatable bonds is 7. The van der Waals surface area contributed by atoms with Gasteiger partial charge in [-0.3, -0.25) is 4.79 Å². The van der Waals surface area contributed by atoms with E-state index in [1.807, 2.05) is 6.92 Å². The number of nitrogens with one attached hydrogen (secondary N) is 1. The van der Waals surface area contributed by atoms with Gasteiger partial charge in [0.05, 0.1) is 0 Å². The molecule has 1 rings (SSSR count). The molecule has 1 N–H and O–H groups in total. The molecule has 0 aromatic carbocycles. The molecule has 0 saturated heterocycles. The quantitative estimate of drug-likeness (QED) is 0.776. The lowest BCUT2D eigenvalue weighted by Gasteiger charge is -2.15. The van der Waals surface area contributed by atoms with Gasteiger partial charge in [0.2, 0.25) is 0 Å². The fraction of sp³-hybridized carbons (Fsp3) is 0.692.